The van der Waals surface area contributed by atoms with E-state index in [1.54, 1.807) is 0 Å². The predicted octanol–water partition coefficient (Wildman–Crippen LogP) is 3.03. The van der Waals surface area contributed by atoms with Gasteiger partial charge < -0.3 is 0 Å². The highest BCUT2D eigenvalue weighted by Crippen LogP contribution is 2.31. The second-order valence-corrected chi connectivity index (χ2v) is 2.23. The van der Waals surface area contributed by atoms with Gasteiger partial charge in [-0.3, -0.25) is 0 Å². The average Bonchev–Trinajstić information content (AvgIpc) is 1.88. The monoisotopic (exact) mass is 176 g/mol. The van der Waals surface area contributed by atoms with Gasteiger partial charge in [0.05, 0.1) is 0 Å². The Morgan fingerprint density at radius 1 is 1.18 bits per heavy atom. The van der Waals surface area contributed by atoms with Crippen LogP contribution in [0.15, 0.2) is 0 Å². The van der Waals surface area contributed by atoms with Crippen LogP contribution in [0.25, 0.3) is 0 Å². The normalized spacial score (nSPS) is 15.5. The standard InChI is InChI=1S/C6H9F5/c1-2-3-4(7)6(10,11)5(8)9/h4-5H,2-3H2,1H3/t4-/m0/s1. The Morgan fingerprint density at radius 2 is 1.64 bits per heavy atom. The van der Waals surface area contributed by atoms with Gasteiger partial charge in [0, 0.05) is 0 Å². The zero-order valence-corrected chi connectivity index (χ0v) is 5.96. The van der Waals surface area contributed by atoms with Crippen LogP contribution in [0.4, 0.5) is 22.0 Å². The molecule has 0 amide bonds. The molecule has 0 rings (SSSR count). The molecule has 0 aromatic rings. The Hall–Kier alpha value is -0.350. The van der Waals surface area contributed by atoms with Crippen LogP contribution in [0, 0.1) is 0 Å². The highest BCUT2D eigenvalue weighted by atomic mass is 19.3. The molecule has 5 heteroatoms. The molecule has 0 bridgehead atoms. The lowest BCUT2D eigenvalue weighted by Crippen LogP contribution is -2.37. The molecule has 0 saturated heterocycles. The first kappa shape index (κ1) is 10.7. The van der Waals surface area contributed by atoms with E-state index in [4.69, 9.17) is 0 Å². The Kier molecular flexibility index (Phi) is 3.75. The van der Waals surface area contributed by atoms with Gasteiger partial charge in [-0.1, -0.05) is 13.3 Å². The third kappa shape index (κ3) is 2.63. The summed E-state index contributed by atoms with van der Waals surface area (Å²) in [5.41, 5.74) is 0. The third-order valence-electron chi connectivity index (χ3n) is 1.25. The molecule has 0 N–H and O–H groups in total. The van der Waals surface area contributed by atoms with Gasteiger partial charge in [-0.25, -0.2) is 13.2 Å². The second kappa shape index (κ2) is 3.88. The van der Waals surface area contributed by atoms with Gasteiger partial charge in [-0.05, 0) is 6.42 Å². The summed E-state index contributed by atoms with van der Waals surface area (Å²) in [5, 5.41) is 0. The number of alkyl halides is 5. The minimum absolute atomic E-state index is 0.128. The van der Waals surface area contributed by atoms with Crippen LogP contribution < -0.4 is 0 Å². The van der Waals surface area contributed by atoms with E-state index in [9.17, 15) is 22.0 Å². The molecule has 0 aliphatic rings. The van der Waals surface area contributed by atoms with E-state index in [1.807, 2.05) is 0 Å². The van der Waals surface area contributed by atoms with Gasteiger partial charge in [0.15, 0.2) is 6.17 Å². The largest absolute Gasteiger partial charge is 0.337 e. The highest BCUT2D eigenvalue weighted by Gasteiger charge is 2.48. The van der Waals surface area contributed by atoms with Crippen molar-refractivity contribution >= 4 is 0 Å². The quantitative estimate of drug-likeness (QED) is 0.577. The van der Waals surface area contributed by atoms with Gasteiger partial charge in [-0.15, -0.1) is 0 Å². The summed E-state index contributed by atoms with van der Waals surface area (Å²) in [6, 6.07) is 0. The lowest BCUT2D eigenvalue weighted by atomic mass is 10.1. The first-order valence-electron chi connectivity index (χ1n) is 3.23. The Balaban J connectivity index is 4.05. The number of hydrogen-bond donors (Lipinski definition) is 0. The van der Waals surface area contributed by atoms with Crippen molar-refractivity contribution in [2.75, 3.05) is 0 Å². The molecule has 0 aromatic carbocycles. The molecular weight excluding hydrogens is 167 g/mol. The second-order valence-electron chi connectivity index (χ2n) is 2.23. The maximum Gasteiger partial charge on any atom is 0.337 e. The minimum Gasteiger partial charge on any atom is -0.241 e. The fraction of sp³-hybridized carbons (Fsp3) is 1.00. The summed E-state index contributed by atoms with van der Waals surface area (Å²) in [4.78, 5) is 0. The molecule has 0 aromatic heterocycles. The van der Waals surface area contributed by atoms with Crippen molar-refractivity contribution in [3.8, 4) is 0 Å². The Bertz CT molecular complexity index is 112. The van der Waals surface area contributed by atoms with Crippen molar-refractivity contribution in [2.24, 2.45) is 0 Å². The Morgan fingerprint density at radius 3 is 1.91 bits per heavy atom. The number of rotatable bonds is 4. The molecule has 0 radical (unpaired) electrons. The van der Waals surface area contributed by atoms with Crippen LogP contribution in [0.1, 0.15) is 19.8 Å². The molecule has 11 heavy (non-hydrogen) atoms. The lowest BCUT2D eigenvalue weighted by Gasteiger charge is -2.18. The van der Waals surface area contributed by atoms with Crippen molar-refractivity contribution < 1.29 is 22.0 Å². The fourth-order valence-electron chi connectivity index (χ4n) is 0.583. The van der Waals surface area contributed by atoms with Crippen molar-refractivity contribution in [1.29, 1.82) is 0 Å². The molecule has 1 atom stereocenters. The van der Waals surface area contributed by atoms with E-state index >= 15 is 0 Å². The first-order valence-corrected chi connectivity index (χ1v) is 3.23. The smallest absolute Gasteiger partial charge is 0.241 e. The molecule has 0 spiro atoms. The maximum atomic E-state index is 12.2. The SMILES string of the molecule is CCC[C@H](F)C(F)(F)C(F)F. The van der Waals surface area contributed by atoms with E-state index < -0.39 is 24.9 Å². The summed E-state index contributed by atoms with van der Waals surface area (Å²) >= 11 is 0. The van der Waals surface area contributed by atoms with Crippen LogP contribution in [-0.4, -0.2) is 18.5 Å². The minimum atomic E-state index is -4.49. The maximum absolute atomic E-state index is 12.2. The molecule has 68 valence electrons. The van der Waals surface area contributed by atoms with Crippen LogP contribution in [-0.2, 0) is 0 Å². The van der Waals surface area contributed by atoms with Gasteiger partial charge in [0.25, 0.3) is 0 Å². The first-order chi connectivity index (χ1) is 4.92. The van der Waals surface area contributed by atoms with Gasteiger partial charge in [-0.2, -0.15) is 8.78 Å². The van der Waals surface area contributed by atoms with Crippen LogP contribution in [0.5, 0.6) is 0 Å². The molecule has 0 fully saturated rings. The molecule has 0 aliphatic heterocycles. The van der Waals surface area contributed by atoms with E-state index in [1.165, 1.54) is 6.92 Å². The lowest BCUT2D eigenvalue weighted by molar-refractivity contribution is -0.172. The summed E-state index contributed by atoms with van der Waals surface area (Å²) < 4.78 is 59.0. The predicted molar refractivity (Wildman–Crippen MR) is 30.8 cm³/mol. The summed E-state index contributed by atoms with van der Waals surface area (Å²) in [7, 11) is 0. The van der Waals surface area contributed by atoms with Crippen molar-refractivity contribution in [2.45, 2.75) is 38.3 Å². The summed E-state index contributed by atoms with van der Waals surface area (Å²) in [6.45, 7) is 1.45. The molecule has 0 unspecified atom stereocenters. The van der Waals surface area contributed by atoms with Crippen molar-refractivity contribution in [3.63, 3.8) is 0 Å². The van der Waals surface area contributed by atoms with Gasteiger partial charge in [0.2, 0.25) is 0 Å². The number of hydrogen-bond acceptors (Lipinski definition) is 0. The summed E-state index contributed by atoms with van der Waals surface area (Å²) in [6.07, 6.45) is -7.04. The van der Waals surface area contributed by atoms with E-state index in [0.717, 1.165) is 0 Å². The molecule has 0 nitrogen and oxygen atoms in total. The number of halogens is 5. The summed E-state index contributed by atoms with van der Waals surface area (Å²) in [5.74, 6) is -4.49. The van der Waals surface area contributed by atoms with E-state index in [-0.39, 0.29) is 6.42 Å². The molecule has 0 aliphatic carbocycles. The average molecular weight is 176 g/mol. The molecule has 0 saturated carbocycles. The van der Waals surface area contributed by atoms with Gasteiger partial charge in [0.1, 0.15) is 0 Å². The highest BCUT2D eigenvalue weighted by molar-refractivity contribution is 4.78. The van der Waals surface area contributed by atoms with E-state index in [2.05, 4.69) is 0 Å². The van der Waals surface area contributed by atoms with Crippen LogP contribution in [0.3, 0.4) is 0 Å². The third-order valence-corrected chi connectivity index (χ3v) is 1.25. The van der Waals surface area contributed by atoms with Crippen molar-refractivity contribution in [3.05, 3.63) is 0 Å². The molecule has 0 heterocycles. The van der Waals surface area contributed by atoms with E-state index in [0.29, 0.717) is 0 Å². The fourth-order valence-corrected chi connectivity index (χ4v) is 0.583. The zero-order chi connectivity index (χ0) is 9.07. The van der Waals surface area contributed by atoms with Crippen molar-refractivity contribution in [1.82, 2.24) is 0 Å². The van der Waals surface area contributed by atoms with Crippen LogP contribution >= 0.6 is 0 Å². The zero-order valence-electron chi connectivity index (χ0n) is 5.96. The van der Waals surface area contributed by atoms with Gasteiger partial charge >= 0.3 is 12.3 Å². The topological polar surface area (TPSA) is 0 Å². The Labute approximate surface area is 61.4 Å². The van der Waals surface area contributed by atoms with Crippen LogP contribution in [0.2, 0.25) is 0 Å². The molecular formula is C6H9F5.